The fourth-order valence-electron chi connectivity index (χ4n) is 6.48. The molecule has 0 aliphatic heterocycles. The van der Waals surface area contributed by atoms with Crippen molar-refractivity contribution in [3.8, 4) is 0 Å². The number of hydrogen-bond acceptors (Lipinski definition) is 3. The number of fused-ring (bicyclic) bond motifs is 5. The zero-order chi connectivity index (χ0) is 16.6. The Morgan fingerprint density at radius 1 is 1.04 bits per heavy atom. The number of carbonyl (C=O) groups is 2. The summed E-state index contributed by atoms with van der Waals surface area (Å²) in [4.78, 5) is 24.4. The van der Waals surface area contributed by atoms with Gasteiger partial charge in [0.2, 0.25) is 0 Å². The van der Waals surface area contributed by atoms with E-state index in [0.29, 0.717) is 47.8 Å². The lowest BCUT2D eigenvalue weighted by Crippen LogP contribution is -2.54. The highest BCUT2D eigenvalue weighted by Crippen LogP contribution is 2.65. The highest BCUT2D eigenvalue weighted by Gasteiger charge is 2.61. The molecule has 1 N–H and O–H groups in total. The second-order valence-electron chi connectivity index (χ2n) is 8.61. The quantitative estimate of drug-likeness (QED) is 0.735. The van der Waals surface area contributed by atoms with Gasteiger partial charge in [0.15, 0.2) is 5.78 Å². The Morgan fingerprint density at radius 2 is 1.74 bits per heavy atom. The maximum Gasteiger partial charge on any atom is 0.174 e. The van der Waals surface area contributed by atoms with Gasteiger partial charge in [0.1, 0.15) is 5.78 Å². The molecule has 0 aromatic carbocycles. The summed E-state index contributed by atoms with van der Waals surface area (Å²) >= 11 is 6.33. The Morgan fingerprint density at radius 3 is 2.48 bits per heavy atom. The van der Waals surface area contributed by atoms with Crippen LogP contribution in [0, 0.1) is 28.6 Å². The van der Waals surface area contributed by atoms with E-state index in [2.05, 4.69) is 13.8 Å². The highest BCUT2D eigenvalue weighted by molar-refractivity contribution is 6.43. The second kappa shape index (κ2) is 4.92. The summed E-state index contributed by atoms with van der Waals surface area (Å²) in [7, 11) is 0. The molecule has 1 unspecified atom stereocenters. The molecule has 23 heavy (non-hydrogen) atoms. The molecule has 3 nitrogen and oxygen atoms in total. The van der Waals surface area contributed by atoms with Crippen LogP contribution in [-0.4, -0.2) is 22.8 Å². The van der Waals surface area contributed by atoms with Crippen molar-refractivity contribution in [2.45, 2.75) is 64.9 Å². The monoisotopic (exact) mass is 336 g/mol. The SMILES string of the molecule is C[C@]12CCC(=O)C(Cl)=C1C(O)C[C@@H]1[C@@H]2CC[C@]2(C)C(=O)CC[C@@H]12. The average Bonchev–Trinajstić information content (AvgIpc) is 2.79. The van der Waals surface area contributed by atoms with Crippen molar-refractivity contribution in [3.05, 3.63) is 10.6 Å². The molecular formula is C19H25ClO3. The molecule has 4 aliphatic carbocycles. The lowest BCUT2D eigenvalue weighted by molar-refractivity contribution is -0.134. The van der Waals surface area contributed by atoms with Gasteiger partial charge in [-0.2, -0.15) is 0 Å². The van der Waals surface area contributed by atoms with E-state index in [-0.39, 0.29) is 16.6 Å². The van der Waals surface area contributed by atoms with Crippen LogP contribution in [0.5, 0.6) is 0 Å². The van der Waals surface area contributed by atoms with E-state index in [1.165, 1.54) is 0 Å². The van der Waals surface area contributed by atoms with E-state index < -0.39 is 6.10 Å². The molecule has 0 radical (unpaired) electrons. The summed E-state index contributed by atoms with van der Waals surface area (Å²) in [5.74, 6) is 1.60. The van der Waals surface area contributed by atoms with E-state index in [1.807, 2.05) is 0 Å². The van der Waals surface area contributed by atoms with Crippen LogP contribution < -0.4 is 0 Å². The van der Waals surface area contributed by atoms with Gasteiger partial charge in [-0.15, -0.1) is 0 Å². The van der Waals surface area contributed by atoms with Gasteiger partial charge >= 0.3 is 0 Å². The van der Waals surface area contributed by atoms with Gasteiger partial charge in [-0.05, 0) is 60.8 Å². The Balaban J connectivity index is 1.78. The molecule has 3 saturated carbocycles. The molecule has 0 saturated heterocycles. The number of carbonyl (C=O) groups excluding carboxylic acids is 2. The zero-order valence-corrected chi connectivity index (χ0v) is 14.7. The third kappa shape index (κ3) is 1.93. The molecule has 0 aromatic heterocycles. The number of rotatable bonds is 0. The van der Waals surface area contributed by atoms with Gasteiger partial charge in [-0.3, -0.25) is 9.59 Å². The molecule has 4 aliphatic rings. The van der Waals surface area contributed by atoms with Crippen LogP contribution in [0.2, 0.25) is 0 Å². The molecule has 6 atom stereocenters. The molecule has 0 heterocycles. The van der Waals surface area contributed by atoms with Crippen molar-refractivity contribution < 1.29 is 14.7 Å². The van der Waals surface area contributed by atoms with Crippen LogP contribution in [0.25, 0.3) is 0 Å². The van der Waals surface area contributed by atoms with Gasteiger partial charge in [-0.1, -0.05) is 25.4 Å². The first kappa shape index (κ1) is 15.8. The Bertz CT molecular complexity index is 624. The van der Waals surface area contributed by atoms with Crippen molar-refractivity contribution in [1.82, 2.24) is 0 Å². The second-order valence-corrected chi connectivity index (χ2v) is 8.99. The number of Topliss-reactive ketones (excluding diaryl/α,β-unsaturated/α-hetero) is 2. The van der Waals surface area contributed by atoms with Crippen LogP contribution in [0.3, 0.4) is 0 Å². The number of ketones is 2. The van der Waals surface area contributed by atoms with Crippen LogP contribution in [0.15, 0.2) is 10.6 Å². The number of halogens is 1. The summed E-state index contributed by atoms with van der Waals surface area (Å²) in [5.41, 5.74) is 0.428. The summed E-state index contributed by atoms with van der Waals surface area (Å²) in [5, 5.41) is 11.1. The van der Waals surface area contributed by atoms with Crippen molar-refractivity contribution in [2.75, 3.05) is 0 Å². The largest absolute Gasteiger partial charge is 0.389 e. The van der Waals surface area contributed by atoms with Gasteiger partial charge in [0.05, 0.1) is 11.1 Å². The van der Waals surface area contributed by atoms with Crippen molar-refractivity contribution >= 4 is 23.2 Å². The number of aliphatic hydroxyl groups excluding tert-OH is 1. The molecule has 0 bridgehead atoms. The van der Waals surface area contributed by atoms with E-state index in [0.717, 1.165) is 31.3 Å². The maximum atomic E-state index is 12.4. The van der Waals surface area contributed by atoms with Crippen molar-refractivity contribution in [1.29, 1.82) is 0 Å². The third-order valence-electron chi connectivity index (χ3n) is 7.76. The Hall–Kier alpha value is -0.670. The Labute approximate surface area is 142 Å². The number of aliphatic hydroxyl groups is 1. The summed E-state index contributed by atoms with van der Waals surface area (Å²) in [6.45, 7) is 4.33. The molecule has 3 fully saturated rings. The van der Waals surface area contributed by atoms with E-state index in [4.69, 9.17) is 11.6 Å². The third-order valence-corrected chi connectivity index (χ3v) is 8.18. The topological polar surface area (TPSA) is 54.4 Å². The van der Waals surface area contributed by atoms with E-state index in [9.17, 15) is 14.7 Å². The molecular weight excluding hydrogens is 312 g/mol. The average molecular weight is 337 g/mol. The van der Waals surface area contributed by atoms with E-state index >= 15 is 0 Å². The highest BCUT2D eigenvalue weighted by atomic mass is 35.5. The van der Waals surface area contributed by atoms with E-state index in [1.54, 1.807) is 0 Å². The zero-order valence-electron chi connectivity index (χ0n) is 13.9. The molecule has 126 valence electrons. The maximum absolute atomic E-state index is 12.4. The lowest BCUT2D eigenvalue weighted by Gasteiger charge is -2.58. The lowest BCUT2D eigenvalue weighted by atomic mass is 9.47. The Kier molecular flexibility index (Phi) is 3.39. The van der Waals surface area contributed by atoms with Gasteiger partial charge in [-0.25, -0.2) is 0 Å². The van der Waals surface area contributed by atoms with Crippen LogP contribution in [0.4, 0.5) is 0 Å². The van der Waals surface area contributed by atoms with Gasteiger partial charge < -0.3 is 5.11 Å². The predicted molar refractivity (Wildman–Crippen MR) is 87.9 cm³/mol. The minimum Gasteiger partial charge on any atom is -0.389 e. The smallest absolute Gasteiger partial charge is 0.174 e. The van der Waals surface area contributed by atoms with Crippen molar-refractivity contribution in [2.24, 2.45) is 28.6 Å². The minimum atomic E-state index is -0.629. The predicted octanol–water partition coefficient (Wildman–Crippen LogP) is 3.62. The standard InChI is InChI=1S/C19H25ClO3/c1-18-7-5-12-10(11(18)3-4-15(18)23)9-14(22)16-17(20)13(21)6-8-19(12,16)2/h10-12,14,22H,3-9H2,1-2H3/t10-,11-,12-,14?,18-,19+/m0/s1. The van der Waals surface area contributed by atoms with Crippen LogP contribution in [-0.2, 0) is 9.59 Å². The first-order valence-corrected chi connectivity index (χ1v) is 9.31. The van der Waals surface area contributed by atoms with Gasteiger partial charge in [0.25, 0.3) is 0 Å². The molecule has 0 amide bonds. The first-order chi connectivity index (χ1) is 10.8. The number of hydrogen-bond donors (Lipinski definition) is 1. The normalized spacial score (nSPS) is 49.7. The summed E-state index contributed by atoms with van der Waals surface area (Å²) in [6.07, 6.45) is 4.91. The minimum absolute atomic E-state index is 0.0201. The summed E-state index contributed by atoms with van der Waals surface area (Å²) in [6, 6.07) is 0. The fourth-order valence-corrected chi connectivity index (χ4v) is 6.92. The summed E-state index contributed by atoms with van der Waals surface area (Å²) < 4.78 is 0. The van der Waals surface area contributed by atoms with Crippen LogP contribution in [0.1, 0.15) is 58.8 Å². The molecule has 0 aromatic rings. The van der Waals surface area contributed by atoms with Gasteiger partial charge in [0, 0.05) is 18.3 Å². The fraction of sp³-hybridized carbons (Fsp3) is 0.789. The van der Waals surface area contributed by atoms with Crippen LogP contribution >= 0.6 is 11.6 Å². The molecule has 4 heteroatoms. The van der Waals surface area contributed by atoms with Crippen molar-refractivity contribution in [3.63, 3.8) is 0 Å². The first-order valence-electron chi connectivity index (χ1n) is 8.94. The molecule has 0 spiro atoms. The molecule has 4 rings (SSSR count).